The van der Waals surface area contributed by atoms with Gasteiger partial charge in [-0.2, -0.15) is 0 Å². The van der Waals surface area contributed by atoms with Crippen molar-refractivity contribution in [2.75, 3.05) is 12.0 Å². The quantitative estimate of drug-likeness (QED) is 0.726. The van der Waals surface area contributed by atoms with Gasteiger partial charge in [0.05, 0.1) is 5.75 Å². The molecule has 0 radical (unpaired) electrons. The molecule has 1 fully saturated rings. The van der Waals surface area contributed by atoms with Crippen molar-refractivity contribution in [1.29, 1.82) is 0 Å². The Bertz CT molecular complexity index is 283. The van der Waals surface area contributed by atoms with Crippen LogP contribution in [0.1, 0.15) is 39.5 Å². The molecule has 0 aromatic heterocycles. The number of hydrogen-bond donors (Lipinski definition) is 1. The van der Waals surface area contributed by atoms with Gasteiger partial charge < -0.3 is 5.32 Å². The first-order valence-corrected chi connectivity index (χ1v) is 7.92. The minimum absolute atomic E-state index is 0.0807. The molecule has 1 saturated carbocycles. The highest BCUT2D eigenvalue weighted by molar-refractivity contribution is 7.90. The second-order valence-corrected chi connectivity index (χ2v) is 7.08. The van der Waals surface area contributed by atoms with Gasteiger partial charge in [-0.15, -0.1) is 0 Å². The van der Waals surface area contributed by atoms with Crippen molar-refractivity contribution in [2.45, 2.75) is 51.6 Å². The lowest BCUT2D eigenvalue weighted by Crippen LogP contribution is -2.41. The molecular formula is C11H23NO2S. The maximum absolute atomic E-state index is 11.1. The van der Waals surface area contributed by atoms with E-state index in [0.717, 1.165) is 5.92 Å². The summed E-state index contributed by atoms with van der Waals surface area (Å²) >= 11 is 0. The molecule has 90 valence electrons. The van der Waals surface area contributed by atoms with E-state index in [2.05, 4.69) is 12.2 Å². The normalized spacial score (nSPS) is 21.3. The lowest BCUT2D eigenvalue weighted by Gasteiger charge is -2.22. The van der Waals surface area contributed by atoms with Gasteiger partial charge in [0.2, 0.25) is 0 Å². The second-order valence-electron chi connectivity index (χ2n) is 4.89. The smallest absolute Gasteiger partial charge is 0.148 e. The van der Waals surface area contributed by atoms with E-state index >= 15 is 0 Å². The van der Waals surface area contributed by atoms with Crippen molar-refractivity contribution in [1.82, 2.24) is 5.32 Å². The zero-order valence-electron chi connectivity index (χ0n) is 9.99. The van der Waals surface area contributed by atoms with Crippen LogP contribution < -0.4 is 5.32 Å². The van der Waals surface area contributed by atoms with Crippen LogP contribution in [0.2, 0.25) is 0 Å². The summed E-state index contributed by atoms with van der Waals surface area (Å²) in [6.45, 7) is 4.14. The Morgan fingerprint density at radius 1 is 1.40 bits per heavy atom. The van der Waals surface area contributed by atoms with E-state index in [1.807, 2.05) is 6.92 Å². The summed E-state index contributed by atoms with van der Waals surface area (Å²) in [5, 5.41) is 3.46. The van der Waals surface area contributed by atoms with Crippen LogP contribution in [0.25, 0.3) is 0 Å². The van der Waals surface area contributed by atoms with Crippen LogP contribution in [0, 0.1) is 5.92 Å². The predicted octanol–water partition coefficient (Wildman–Crippen LogP) is 1.59. The van der Waals surface area contributed by atoms with E-state index in [9.17, 15) is 8.42 Å². The topological polar surface area (TPSA) is 46.2 Å². The summed E-state index contributed by atoms with van der Waals surface area (Å²) in [4.78, 5) is 0. The van der Waals surface area contributed by atoms with E-state index in [1.165, 1.54) is 31.9 Å². The fraction of sp³-hybridized carbons (Fsp3) is 1.00. The molecule has 1 aliphatic rings. The van der Waals surface area contributed by atoms with Gasteiger partial charge in [0.15, 0.2) is 0 Å². The largest absolute Gasteiger partial charge is 0.310 e. The summed E-state index contributed by atoms with van der Waals surface area (Å²) in [6, 6.07) is 0.615. The van der Waals surface area contributed by atoms with E-state index in [1.54, 1.807) is 0 Å². The molecule has 1 aliphatic carbocycles. The predicted molar refractivity (Wildman–Crippen MR) is 63.7 cm³/mol. The number of nitrogens with one attached hydrogen (secondary N) is 1. The van der Waals surface area contributed by atoms with Crippen LogP contribution >= 0.6 is 0 Å². The van der Waals surface area contributed by atoms with E-state index in [-0.39, 0.29) is 11.8 Å². The molecule has 1 rings (SSSR count). The number of sulfone groups is 1. The Kier molecular flexibility index (Phi) is 4.59. The van der Waals surface area contributed by atoms with Crippen molar-refractivity contribution in [2.24, 2.45) is 5.92 Å². The third-order valence-corrected chi connectivity index (χ3v) is 3.95. The SMILES string of the molecule is CCCC(NC(C)CS(C)(=O)=O)C1CC1. The average Bonchev–Trinajstić information content (AvgIpc) is 2.81. The fourth-order valence-electron chi connectivity index (χ4n) is 2.13. The minimum Gasteiger partial charge on any atom is -0.310 e. The van der Waals surface area contributed by atoms with Crippen molar-refractivity contribution in [3.05, 3.63) is 0 Å². The average molecular weight is 233 g/mol. The summed E-state index contributed by atoms with van der Waals surface area (Å²) in [5.74, 6) is 1.05. The van der Waals surface area contributed by atoms with Gasteiger partial charge in [0, 0.05) is 18.3 Å². The van der Waals surface area contributed by atoms with Gasteiger partial charge in [-0.3, -0.25) is 0 Å². The third-order valence-electron chi connectivity index (χ3n) is 2.84. The summed E-state index contributed by atoms with van der Waals surface area (Å²) in [7, 11) is -2.85. The molecule has 1 N–H and O–H groups in total. The van der Waals surface area contributed by atoms with Crippen molar-refractivity contribution in [3.8, 4) is 0 Å². The molecule has 0 saturated heterocycles. The van der Waals surface area contributed by atoms with Crippen molar-refractivity contribution >= 4 is 9.84 Å². The highest BCUT2D eigenvalue weighted by Gasteiger charge is 2.31. The summed E-state index contributed by atoms with van der Waals surface area (Å²) in [5.41, 5.74) is 0. The number of hydrogen-bond acceptors (Lipinski definition) is 3. The molecule has 3 nitrogen and oxygen atoms in total. The molecule has 0 bridgehead atoms. The molecule has 15 heavy (non-hydrogen) atoms. The van der Waals surface area contributed by atoms with Crippen molar-refractivity contribution < 1.29 is 8.42 Å². The van der Waals surface area contributed by atoms with Crippen LogP contribution in [0.5, 0.6) is 0 Å². The lowest BCUT2D eigenvalue weighted by molar-refractivity contribution is 0.397. The molecule has 0 amide bonds. The Morgan fingerprint density at radius 3 is 2.40 bits per heavy atom. The molecule has 0 aromatic carbocycles. The summed E-state index contributed by atoms with van der Waals surface area (Å²) in [6.07, 6.45) is 6.25. The van der Waals surface area contributed by atoms with Crippen LogP contribution in [-0.4, -0.2) is 32.5 Å². The lowest BCUT2D eigenvalue weighted by atomic mass is 10.1. The van der Waals surface area contributed by atoms with Crippen LogP contribution in [0.15, 0.2) is 0 Å². The third kappa shape index (κ3) is 5.52. The molecule has 4 heteroatoms. The van der Waals surface area contributed by atoms with Gasteiger partial charge in [0.25, 0.3) is 0 Å². The maximum Gasteiger partial charge on any atom is 0.148 e. The monoisotopic (exact) mass is 233 g/mol. The molecule has 2 atom stereocenters. The molecule has 0 heterocycles. The van der Waals surface area contributed by atoms with Gasteiger partial charge in [-0.25, -0.2) is 8.42 Å². The van der Waals surface area contributed by atoms with Gasteiger partial charge >= 0.3 is 0 Å². The van der Waals surface area contributed by atoms with E-state index in [4.69, 9.17) is 0 Å². The zero-order valence-corrected chi connectivity index (χ0v) is 10.8. The van der Waals surface area contributed by atoms with Gasteiger partial charge in [-0.05, 0) is 32.1 Å². The summed E-state index contributed by atoms with van der Waals surface area (Å²) < 4.78 is 22.3. The first-order chi connectivity index (χ1) is 6.92. The van der Waals surface area contributed by atoms with Gasteiger partial charge in [0.1, 0.15) is 9.84 Å². The van der Waals surface area contributed by atoms with E-state index < -0.39 is 9.84 Å². The van der Waals surface area contributed by atoms with Gasteiger partial charge in [-0.1, -0.05) is 13.3 Å². The minimum atomic E-state index is -2.85. The zero-order chi connectivity index (χ0) is 11.5. The molecule has 0 aromatic rings. The van der Waals surface area contributed by atoms with E-state index in [0.29, 0.717) is 6.04 Å². The Morgan fingerprint density at radius 2 is 2.00 bits per heavy atom. The van der Waals surface area contributed by atoms with Crippen molar-refractivity contribution in [3.63, 3.8) is 0 Å². The maximum atomic E-state index is 11.1. The first-order valence-electron chi connectivity index (χ1n) is 5.86. The second kappa shape index (κ2) is 5.30. The molecule has 2 unspecified atom stereocenters. The van der Waals surface area contributed by atoms with Crippen LogP contribution in [0.3, 0.4) is 0 Å². The van der Waals surface area contributed by atoms with Crippen LogP contribution in [0.4, 0.5) is 0 Å². The Labute approximate surface area is 93.6 Å². The first kappa shape index (κ1) is 13.0. The highest BCUT2D eigenvalue weighted by Crippen LogP contribution is 2.34. The highest BCUT2D eigenvalue weighted by atomic mass is 32.2. The molecule has 0 spiro atoms. The Hall–Kier alpha value is -0.0900. The number of rotatable bonds is 7. The molecular weight excluding hydrogens is 210 g/mol. The van der Waals surface area contributed by atoms with Crippen LogP contribution in [-0.2, 0) is 9.84 Å². The standard InChI is InChI=1S/C11H23NO2S/c1-4-5-11(10-6-7-10)12-9(2)8-15(3,13)14/h9-12H,4-8H2,1-3H3. The molecule has 0 aliphatic heterocycles. The fourth-order valence-corrected chi connectivity index (χ4v) is 3.14. The Balaban J connectivity index is 2.36.